The summed E-state index contributed by atoms with van der Waals surface area (Å²) in [4.78, 5) is 16.7. The van der Waals surface area contributed by atoms with Crippen molar-refractivity contribution >= 4 is 5.91 Å². The fourth-order valence-corrected chi connectivity index (χ4v) is 4.89. The van der Waals surface area contributed by atoms with Crippen molar-refractivity contribution in [1.82, 2.24) is 9.80 Å². The van der Waals surface area contributed by atoms with Gasteiger partial charge < -0.3 is 9.64 Å². The molecule has 4 rings (SSSR count). The third kappa shape index (κ3) is 5.51. The third-order valence-electron chi connectivity index (χ3n) is 6.60. The normalized spacial score (nSPS) is 23.7. The highest BCUT2D eigenvalue weighted by atomic mass is 19.4. The van der Waals surface area contributed by atoms with Crippen LogP contribution in [0.4, 0.5) is 13.2 Å². The molecule has 2 aromatic carbocycles. The lowest BCUT2D eigenvalue weighted by molar-refractivity contribution is -0.137. The molecular weight excluding hydrogens is 417 g/mol. The minimum Gasteiger partial charge on any atom is -0.377 e. The van der Waals surface area contributed by atoms with E-state index >= 15 is 0 Å². The Hall–Kier alpha value is -2.38. The second-order valence-corrected chi connectivity index (χ2v) is 8.96. The van der Waals surface area contributed by atoms with Crippen LogP contribution in [0, 0.1) is 11.8 Å². The topological polar surface area (TPSA) is 32.8 Å². The first kappa shape index (κ1) is 22.8. The highest BCUT2D eigenvalue weighted by Crippen LogP contribution is 2.37. The van der Waals surface area contributed by atoms with Crippen molar-refractivity contribution in [3.05, 3.63) is 71.3 Å². The molecular formula is C25H29F3N2O2. The van der Waals surface area contributed by atoms with E-state index in [1.807, 2.05) is 37.4 Å². The number of hydrogen-bond donors (Lipinski definition) is 0. The zero-order valence-electron chi connectivity index (χ0n) is 18.2. The van der Waals surface area contributed by atoms with Crippen LogP contribution < -0.4 is 0 Å². The molecule has 0 unspecified atom stereocenters. The predicted molar refractivity (Wildman–Crippen MR) is 116 cm³/mol. The van der Waals surface area contributed by atoms with E-state index in [1.54, 1.807) is 11.0 Å². The first-order chi connectivity index (χ1) is 15.3. The molecule has 4 nitrogen and oxygen atoms in total. The highest BCUT2D eigenvalue weighted by molar-refractivity contribution is 5.76. The number of hydrogen-bond acceptors (Lipinski definition) is 3. The minimum absolute atomic E-state index is 0.0749. The van der Waals surface area contributed by atoms with Gasteiger partial charge >= 0.3 is 6.18 Å². The van der Waals surface area contributed by atoms with Crippen molar-refractivity contribution in [2.45, 2.75) is 38.2 Å². The van der Waals surface area contributed by atoms with Crippen LogP contribution in [0.1, 0.15) is 29.5 Å². The van der Waals surface area contributed by atoms with Gasteiger partial charge in [0.05, 0.1) is 24.7 Å². The number of benzene rings is 2. The molecule has 32 heavy (non-hydrogen) atoms. The van der Waals surface area contributed by atoms with E-state index in [-0.39, 0.29) is 12.0 Å². The van der Waals surface area contributed by atoms with Gasteiger partial charge in [-0.25, -0.2) is 0 Å². The molecule has 0 aliphatic carbocycles. The van der Waals surface area contributed by atoms with Crippen LogP contribution in [0.3, 0.4) is 0 Å². The van der Waals surface area contributed by atoms with E-state index in [1.165, 1.54) is 12.1 Å². The van der Waals surface area contributed by atoms with Gasteiger partial charge in [-0.3, -0.25) is 9.69 Å². The lowest BCUT2D eigenvalue weighted by Gasteiger charge is -2.35. The van der Waals surface area contributed by atoms with E-state index in [9.17, 15) is 18.0 Å². The van der Waals surface area contributed by atoms with Gasteiger partial charge in [-0.2, -0.15) is 13.2 Å². The number of carbonyl (C=O) groups is 1. The average molecular weight is 447 g/mol. The molecule has 0 radical (unpaired) electrons. The van der Waals surface area contributed by atoms with Crippen molar-refractivity contribution in [3.8, 4) is 0 Å². The number of piperidine rings is 1. The van der Waals surface area contributed by atoms with Crippen LogP contribution in [0.25, 0.3) is 0 Å². The summed E-state index contributed by atoms with van der Waals surface area (Å²) in [7, 11) is 1.82. The maximum absolute atomic E-state index is 13.0. The Balaban J connectivity index is 1.29. The number of halogens is 3. The second-order valence-electron chi connectivity index (χ2n) is 8.96. The largest absolute Gasteiger partial charge is 0.416 e. The predicted octanol–water partition coefficient (Wildman–Crippen LogP) is 4.59. The molecule has 0 bridgehead atoms. The molecule has 172 valence electrons. The molecule has 0 N–H and O–H groups in total. The smallest absolute Gasteiger partial charge is 0.377 e. The molecule has 2 aliphatic heterocycles. The summed E-state index contributed by atoms with van der Waals surface area (Å²) in [6.45, 7) is 3.25. The van der Waals surface area contributed by atoms with E-state index in [0.717, 1.165) is 31.1 Å². The number of likely N-dealkylation sites (tertiary alicyclic amines) is 1. The molecule has 7 heteroatoms. The lowest BCUT2D eigenvalue weighted by Crippen LogP contribution is -2.42. The van der Waals surface area contributed by atoms with Crippen LogP contribution in [0.15, 0.2) is 54.6 Å². The van der Waals surface area contributed by atoms with Gasteiger partial charge in [-0.15, -0.1) is 0 Å². The molecule has 2 aromatic rings. The van der Waals surface area contributed by atoms with Gasteiger partial charge in [0, 0.05) is 32.6 Å². The van der Waals surface area contributed by atoms with Crippen LogP contribution in [0.2, 0.25) is 0 Å². The molecule has 0 spiro atoms. The Morgan fingerprint density at radius 1 is 1.12 bits per heavy atom. The fourth-order valence-electron chi connectivity index (χ4n) is 4.89. The number of rotatable bonds is 6. The first-order valence-corrected chi connectivity index (χ1v) is 11.1. The number of fused-ring (bicyclic) bond motifs is 1. The van der Waals surface area contributed by atoms with Gasteiger partial charge in [0.1, 0.15) is 0 Å². The van der Waals surface area contributed by atoms with Gasteiger partial charge in [0.25, 0.3) is 0 Å². The second kappa shape index (κ2) is 9.63. The Bertz CT molecular complexity index is 919. The van der Waals surface area contributed by atoms with Crippen LogP contribution >= 0.6 is 0 Å². The number of ether oxygens (including phenoxy) is 1. The summed E-state index contributed by atoms with van der Waals surface area (Å²) in [5.74, 6) is 0.708. The first-order valence-electron chi connectivity index (χ1n) is 11.1. The molecule has 2 saturated heterocycles. The Morgan fingerprint density at radius 2 is 1.88 bits per heavy atom. The molecule has 2 heterocycles. The van der Waals surface area contributed by atoms with Gasteiger partial charge in [0.15, 0.2) is 0 Å². The Morgan fingerprint density at radius 3 is 2.62 bits per heavy atom. The molecule has 2 fully saturated rings. The molecule has 0 saturated carbocycles. The maximum atomic E-state index is 13.0. The fraction of sp³-hybridized carbons (Fsp3) is 0.480. The zero-order valence-corrected chi connectivity index (χ0v) is 18.2. The summed E-state index contributed by atoms with van der Waals surface area (Å²) >= 11 is 0. The van der Waals surface area contributed by atoms with Crippen molar-refractivity contribution < 1.29 is 22.7 Å². The Kier molecular flexibility index (Phi) is 6.86. The van der Waals surface area contributed by atoms with E-state index < -0.39 is 11.7 Å². The van der Waals surface area contributed by atoms with Gasteiger partial charge in [-0.05, 0) is 36.1 Å². The van der Waals surface area contributed by atoms with Crippen LogP contribution in [0.5, 0.6) is 0 Å². The van der Waals surface area contributed by atoms with E-state index in [2.05, 4.69) is 4.90 Å². The van der Waals surface area contributed by atoms with E-state index in [4.69, 9.17) is 4.74 Å². The molecule has 0 aromatic heterocycles. The zero-order chi connectivity index (χ0) is 22.7. The molecule has 1 amide bonds. The SMILES string of the molecule is CN(Cc1ccccc1)C(=O)C[C@@H]1OC[C@H]2CN(Cc3cccc(C(F)(F)F)c3)CC[C@H]21. The monoisotopic (exact) mass is 446 g/mol. The minimum atomic E-state index is -4.32. The quantitative estimate of drug-likeness (QED) is 0.651. The number of nitrogens with zero attached hydrogens (tertiary/aromatic N) is 2. The molecule has 2 aliphatic rings. The average Bonchev–Trinajstić information content (AvgIpc) is 3.16. The summed E-state index contributed by atoms with van der Waals surface area (Å²) < 4.78 is 45.0. The number of amides is 1. The third-order valence-corrected chi connectivity index (χ3v) is 6.60. The standard InChI is InChI=1S/C25H29F3N2O2/c1-29(14-18-6-3-2-4-7-18)24(31)13-23-22-10-11-30(16-20(22)17-32-23)15-19-8-5-9-21(12-19)25(26,27)28/h2-9,12,20,22-23H,10-11,13-17H2,1H3/t20-,22-,23+/m1/s1. The number of alkyl halides is 3. The Labute approximate surface area is 187 Å². The van der Waals surface area contributed by atoms with Gasteiger partial charge in [0.2, 0.25) is 5.91 Å². The lowest BCUT2D eigenvalue weighted by atomic mass is 9.83. The van der Waals surface area contributed by atoms with Crippen molar-refractivity contribution in [2.24, 2.45) is 11.8 Å². The summed E-state index contributed by atoms with van der Waals surface area (Å²) in [6, 6.07) is 15.5. The highest BCUT2D eigenvalue weighted by Gasteiger charge is 2.41. The molecule has 3 atom stereocenters. The summed E-state index contributed by atoms with van der Waals surface area (Å²) in [6.07, 6.45) is -3.14. The van der Waals surface area contributed by atoms with Crippen LogP contribution in [-0.2, 0) is 28.8 Å². The van der Waals surface area contributed by atoms with Crippen molar-refractivity contribution in [2.75, 3.05) is 26.7 Å². The van der Waals surface area contributed by atoms with E-state index in [0.29, 0.717) is 43.5 Å². The van der Waals surface area contributed by atoms with Crippen molar-refractivity contribution in [1.29, 1.82) is 0 Å². The number of carbonyl (C=O) groups excluding carboxylic acids is 1. The van der Waals surface area contributed by atoms with Crippen molar-refractivity contribution in [3.63, 3.8) is 0 Å². The van der Waals surface area contributed by atoms with Gasteiger partial charge in [-0.1, -0.05) is 48.5 Å². The van der Waals surface area contributed by atoms with Crippen LogP contribution in [-0.4, -0.2) is 48.6 Å². The summed E-state index contributed by atoms with van der Waals surface area (Å²) in [5, 5.41) is 0. The maximum Gasteiger partial charge on any atom is 0.416 e. The summed E-state index contributed by atoms with van der Waals surface area (Å²) in [5.41, 5.74) is 1.16.